The molecule has 2 aromatic heterocycles. The molecule has 8 nitrogen and oxygen atoms in total. The Morgan fingerprint density at radius 2 is 1.97 bits per heavy atom. The standard InChI is InChI=1S/C24H28N6O2/c1-14-12-27-22(28-13-16-7-8-17-5-4-6-18(17)9-16)24(32)30(14)23-20(25)10-19(15(2)29-23)11-21(31)26-3/h7-10,12H,4-6,11,13,25H2,1-3H3,(H,26,31)(H,27,28). The third-order valence-corrected chi connectivity index (χ3v) is 5.93. The van der Waals surface area contributed by atoms with Crippen molar-refractivity contribution in [2.24, 2.45) is 0 Å². The number of hydrogen-bond acceptors (Lipinski definition) is 6. The zero-order valence-corrected chi connectivity index (χ0v) is 18.7. The number of pyridine rings is 1. The smallest absolute Gasteiger partial charge is 0.299 e. The fraction of sp³-hybridized carbons (Fsp3) is 0.333. The van der Waals surface area contributed by atoms with Crippen molar-refractivity contribution < 1.29 is 4.79 Å². The zero-order chi connectivity index (χ0) is 22.8. The van der Waals surface area contributed by atoms with Crippen LogP contribution in [0.4, 0.5) is 11.5 Å². The van der Waals surface area contributed by atoms with Crippen LogP contribution in [0.5, 0.6) is 0 Å². The maximum Gasteiger partial charge on any atom is 0.299 e. The lowest BCUT2D eigenvalue weighted by atomic mass is 10.1. The number of benzene rings is 1. The molecule has 4 rings (SSSR count). The highest BCUT2D eigenvalue weighted by atomic mass is 16.1. The molecule has 166 valence electrons. The van der Waals surface area contributed by atoms with Crippen molar-refractivity contribution >= 4 is 17.4 Å². The molecule has 0 bridgehead atoms. The van der Waals surface area contributed by atoms with E-state index in [0.717, 1.165) is 24.0 Å². The lowest BCUT2D eigenvalue weighted by Crippen LogP contribution is -2.27. The summed E-state index contributed by atoms with van der Waals surface area (Å²) in [5, 5.41) is 5.76. The van der Waals surface area contributed by atoms with Crippen LogP contribution < -0.4 is 21.9 Å². The summed E-state index contributed by atoms with van der Waals surface area (Å²) in [7, 11) is 1.58. The van der Waals surface area contributed by atoms with E-state index in [1.807, 2.05) is 0 Å². The van der Waals surface area contributed by atoms with Gasteiger partial charge in [-0.3, -0.25) is 14.2 Å². The fourth-order valence-corrected chi connectivity index (χ4v) is 4.11. The lowest BCUT2D eigenvalue weighted by molar-refractivity contribution is -0.119. The van der Waals surface area contributed by atoms with Gasteiger partial charge in [-0.2, -0.15) is 0 Å². The predicted molar refractivity (Wildman–Crippen MR) is 125 cm³/mol. The van der Waals surface area contributed by atoms with Crippen LogP contribution in [-0.4, -0.2) is 27.5 Å². The van der Waals surface area contributed by atoms with Crippen molar-refractivity contribution in [3.63, 3.8) is 0 Å². The molecule has 8 heteroatoms. The largest absolute Gasteiger partial charge is 0.396 e. The highest BCUT2D eigenvalue weighted by molar-refractivity contribution is 5.79. The van der Waals surface area contributed by atoms with Crippen LogP contribution in [0.2, 0.25) is 0 Å². The Labute approximate surface area is 186 Å². The van der Waals surface area contributed by atoms with Crippen molar-refractivity contribution in [3.05, 3.63) is 74.5 Å². The fourth-order valence-electron chi connectivity index (χ4n) is 4.11. The van der Waals surface area contributed by atoms with E-state index >= 15 is 0 Å². The Hall–Kier alpha value is -3.68. The number of carbonyl (C=O) groups is 1. The highest BCUT2D eigenvalue weighted by Gasteiger charge is 2.17. The van der Waals surface area contributed by atoms with Gasteiger partial charge in [0.15, 0.2) is 11.6 Å². The average Bonchev–Trinajstić information content (AvgIpc) is 3.24. The van der Waals surface area contributed by atoms with Crippen LogP contribution in [0.15, 0.2) is 35.3 Å². The summed E-state index contributed by atoms with van der Waals surface area (Å²) in [6.45, 7) is 4.09. The Morgan fingerprint density at radius 1 is 1.19 bits per heavy atom. The number of hydrogen-bond donors (Lipinski definition) is 3. The number of rotatable bonds is 6. The number of fused-ring (bicyclic) bond motifs is 1. The monoisotopic (exact) mass is 432 g/mol. The molecule has 0 aliphatic heterocycles. The molecular formula is C24H28N6O2. The van der Waals surface area contributed by atoms with Crippen molar-refractivity contribution in [1.82, 2.24) is 19.9 Å². The quantitative estimate of drug-likeness (QED) is 0.550. The number of nitrogens with two attached hydrogens (primary N) is 1. The van der Waals surface area contributed by atoms with E-state index in [-0.39, 0.29) is 23.7 Å². The normalized spacial score (nSPS) is 12.5. The summed E-state index contributed by atoms with van der Waals surface area (Å²) >= 11 is 0. The molecule has 32 heavy (non-hydrogen) atoms. The summed E-state index contributed by atoms with van der Waals surface area (Å²) in [4.78, 5) is 33.9. The van der Waals surface area contributed by atoms with Gasteiger partial charge in [0, 0.05) is 31.2 Å². The SMILES string of the molecule is CNC(=O)Cc1cc(N)c(-n2c(C)cnc(NCc3ccc4c(c3)CCC4)c2=O)nc1C. The van der Waals surface area contributed by atoms with Crippen molar-refractivity contribution in [2.45, 2.75) is 46.1 Å². The van der Waals surface area contributed by atoms with Crippen LogP contribution in [0.1, 0.15) is 40.1 Å². The average molecular weight is 433 g/mol. The minimum atomic E-state index is -0.316. The maximum atomic E-state index is 13.2. The van der Waals surface area contributed by atoms with Gasteiger partial charge in [0.2, 0.25) is 5.91 Å². The van der Waals surface area contributed by atoms with E-state index in [2.05, 4.69) is 38.8 Å². The predicted octanol–water partition coefficient (Wildman–Crippen LogP) is 2.22. The van der Waals surface area contributed by atoms with Crippen LogP contribution >= 0.6 is 0 Å². The maximum absolute atomic E-state index is 13.2. The summed E-state index contributed by atoms with van der Waals surface area (Å²) in [6.07, 6.45) is 5.26. The van der Waals surface area contributed by atoms with Gasteiger partial charge in [-0.1, -0.05) is 18.2 Å². The van der Waals surface area contributed by atoms with Crippen molar-refractivity contribution in [2.75, 3.05) is 18.1 Å². The Balaban J connectivity index is 1.63. The molecule has 0 fully saturated rings. The summed E-state index contributed by atoms with van der Waals surface area (Å²) in [6, 6.07) is 8.18. The van der Waals surface area contributed by atoms with Gasteiger partial charge >= 0.3 is 0 Å². The van der Waals surface area contributed by atoms with Gasteiger partial charge in [0.1, 0.15) is 0 Å². The van der Waals surface area contributed by atoms with E-state index in [0.29, 0.717) is 29.4 Å². The van der Waals surface area contributed by atoms with Crippen LogP contribution in [0, 0.1) is 13.8 Å². The molecule has 3 aromatic rings. The second kappa shape index (κ2) is 8.82. The van der Waals surface area contributed by atoms with Gasteiger partial charge < -0.3 is 16.4 Å². The minimum absolute atomic E-state index is 0.127. The minimum Gasteiger partial charge on any atom is -0.396 e. The molecule has 1 aliphatic carbocycles. The second-order valence-electron chi connectivity index (χ2n) is 8.19. The first kappa shape index (κ1) is 21.5. The molecule has 1 aromatic carbocycles. The van der Waals surface area contributed by atoms with Gasteiger partial charge in [0.25, 0.3) is 5.56 Å². The molecule has 0 unspecified atom stereocenters. The van der Waals surface area contributed by atoms with Crippen LogP contribution in [0.3, 0.4) is 0 Å². The molecular weight excluding hydrogens is 404 g/mol. The van der Waals surface area contributed by atoms with Crippen LogP contribution in [-0.2, 0) is 30.6 Å². The summed E-state index contributed by atoms with van der Waals surface area (Å²) < 4.78 is 1.46. The van der Waals surface area contributed by atoms with E-state index in [1.165, 1.54) is 22.1 Å². The Kier molecular flexibility index (Phi) is 5.94. The summed E-state index contributed by atoms with van der Waals surface area (Å²) in [5.41, 5.74) is 12.2. The molecule has 0 radical (unpaired) electrons. The molecule has 0 saturated carbocycles. The van der Waals surface area contributed by atoms with Gasteiger partial charge in [0.05, 0.1) is 12.1 Å². The van der Waals surface area contributed by atoms with Crippen molar-refractivity contribution in [1.29, 1.82) is 0 Å². The van der Waals surface area contributed by atoms with E-state index in [9.17, 15) is 9.59 Å². The van der Waals surface area contributed by atoms with Gasteiger partial charge in [-0.15, -0.1) is 0 Å². The molecule has 0 saturated heterocycles. The lowest BCUT2D eigenvalue weighted by Gasteiger charge is -2.16. The van der Waals surface area contributed by atoms with E-state index < -0.39 is 0 Å². The first-order chi connectivity index (χ1) is 15.4. The van der Waals surface area contributed by atoms with Crippen molar-refractivity contribution in [3.8, 4) is 5.82 Å². The van der Waals surface area contributed by atoms with E-state index in [1.54, 1.807) is 33.2 Å². The van der Waals surface area contributed by atoms with Crippen LogP contribution in [0.25, 0.3) is 5.82 Å². The number of amides is 1. The number of anilines is 2. The number of nitrogens with one attached hydrogen (secondary N) is 2. The van der Waals surface area contributed by atoms with Gasteiger partial charge in [-0.25, -0.2) is 9.97 Å². The topological polar surface area (TPSA) is 115 Å². The third kappa shape index (κ3) is 4.21. The zero-order valence-electron chi connectivity index (χ0n) is 18.7. The molecule has 0 atom stereocenters. The number of carbonyl (C=O) groups excluding carboxylic acids is 1. The highest BCUT2D eigenvalue weighted by Crippen LogP contribution is 2.23. The second-order valence-corrected chi connectivity index (χ2v) is 8.19. The Morgan fingerprint density at radius 3 is 2.75 bits per heavy atom. The number of nitrogen functional groups attached to an aromatic ring is 1. The summed E-state index contributed by atoms with van der Waals surface area (Å²) in [5.74, 6) is 0.454. The number of nitrogens with zero attached hydrogens (tertiary/aromatic N) is 3. The Bertz CT molecular complexity index is 1250. The number of aromatic nitrogens is 3. The first-order valence-electron chi connectivity index (χ1n) is 10.8. The van der Waals surface area contributed by atoms with Gasteiger partial charge in [-0.05, 0) is 61.4 Å². The molecule has 1 amide bonds. The van der Waals surface area contributed by atoms with E-state index in [4.69, 9.17) is 5.73 Å². The first-order valence-corrected chi connectivity index (χ1v) is 10.8. The molecule has 0 spiro atoms. The molecule has 1 aliphatic rings. The molecule has 2 heterocycles. The number of aryl methyl sites for hydroxylation is 4. The number of likely N-dealkylation sites (N-methyl/N-ethyl adjacent to an activating group) is 1. The third-order valence-electron chi connectivity index (χ3n) is 5.93. The molecule has 4 N–H and O–H groups in total.